The number of sulfonamides is 1. The first kappa shape index (κ1) is 27.2. The van der Waals surface area contributed by atoms with E-state index in [1.165, 1.54) is 0 Å². The zero-order chi connectivity index (χ0) is 27.1. The number of imidazole rings is 1. The van der Waals surface area contributed by atoms with Crippen molar-refractivity contribution in [1.29, 1.82) is 0 Å². The lowest BCUT2D eigenvalue weighted by Crippen LogP contribution is -2.25. The van der Waals surface area contributed by atoms with Crippen LogP contribution in [0.5, 0.6) is 0 Å². The predicted octanol–water partition coefficient (Wildman–Crippen LogP) is 7.63. The van der Waals surface area contributed by atoms with Gasteiger partial charge in [0.05, 0.1) is 16.3 Å². The Labute approximate surface area is 235 Å². The molecule has 0 aliphatic rings. The first-order valence-electron chi connectivity index (χ1n) is 13.4. The standard InChI is InChI=1S/C32H33N3O2S2/c1-2-3-22-35-31(27-16-8-5-9-17-27)30(26-14-6-4-7-15-26)34-32(35)38-23-12-21-33-39(36,37)29-20-19-25-13-10-11-18-28(25)24-29/h4-11,13-20,24,33H,2-3,12,21-23H2,1H3. The second kappa shape index (κ2) is 12.6. The first-order valence-corrected chi connectivity index (χ1v) is 15.9. The highest BCUT2D eigenvalue weighted by Gasteiger charge is 2.20. The van der Waals surface area contributed by atoms with E-state index in [-0.39, 0.29) is 0 Å². The Balaban J connectivity index is 1.31. The van der Waals surface area contributed by atoms with E-state index in [9.17, 15) is 8.42 Å². The molecule has 0 fully saturated rings. The van der Waals surface area contributed by atoms with Crippen molar-refractivity contribution in [1.82, 2.24) is 14.3 Å². The molecule has 0 atom stereocenters. The van der Waals surface area contributed by atoms with Crippen LogP contribution in [0.25, 0.3) is 33.3 Å². The van der Waals surface area contributed by atoms with Crippen LogP contribution in [0.2, 0.25) is 0 Å². The third-order valence-corrected chi connectivity index (χ3v) is 9.16. The molecule has 0 spiro atoms. The molecule has 200 valence electrons. The summed E-state index contributed by atoms with van der Waals surface area (Å²) in [5.74, 6) is 0.756. The van der Waals surface area contributed by atoms with Crippen LogP contribution in [0.3, 0.4) is 0 Å². The average molecular weight is 556 g/mol. The SMILES string of the molecule is CCCCn1c(SCCCNS(=O)(=O)c2ccc3ccccc3c2)nc(-c2ccccc2)c1-c1ccccc1. The van der Waals surface area contributed by atoms with Crippen LogP contribution in [0, 0.1) is 0 Å². The number of nitrogens with one attached hydrogen (secondary N) is 1. The highest BCUT2D eigenvalue weighted by molar-refractivity contribution is 7.99. The topological polar surface area (TPSA) is 64.0 Å². The molecule has 39 heavy (non-hydrogen) atoms. The zero-order valence-electron chi connectivity index (χ0n) is 22.1. The second-order valence-electron chi connectivity index (χ2n) is 9.44. The van der Waals surface area contributed by atoms with E-state index in [0.29, 0.717) is 17.9 Å². The summed E-state index contributed by atoms with van der Waals surface area (Å²) >= 11 is 1.69. The summed E-state index contributed by atoms with van der Waals surface area (Å²) in [7, 11) is -3.57. The van der Waals surface area contributed by atoms with Crippen LogP contribution < -0.4 is 4.72 Å². The summed E-state index contributed by atoms with van der Waals surface area (Å²) in [5, 5.41) is 2.91. The zero-order valence-corrected chi connectivity index (χ0v) is 23.7. The number of hydrogen-bond acceptors (Lipinski definition) is 4. The summed E-state index contributed by atoms with van der Waals surface area (Å²) in [6.07, 6.45) is 2.84. The van der Waals surface area contributed by atoms with E-state index in [1.807, 2.05) is 54.6 Å². The first-order chi connectivity index (χ1) is 19.1. The van der Waals surface area contributed by atoms with Crippen LogP contribution >= 0.6 is 11.8 Å². The molecule has 0 aliphatic heterocycles. The molecule has 4 aromatic carbocycles. The quantitative estimate of drug-likeness (QED) is 0.127. The van der Waals surface area contributed by atoms with Gasteiger partial charge in [-0.15, -0.1) is 0 Å². The van der Waals surface area contributed by atoms with Gasteiger partial charge in [-0.05, 0) is 35.7 Å². The van der Waals surface area contributed by atoms with Gasteiger partial charge < -0.3 is 4.57 Å². The summed E-state index contributed by atoms with van der Waals surface area (Å²) in [6.45, 7) is 3.46. The van der Waals surface area contributed by atoms with E-state index >= 15 is 0 Å². The molecule has 1 aromatic heterocycles. The summed E-state index contributed by atoms with van der Waals surface area (Å²) in [5.41, 5.74) is 4.36. The van der Waals surface area contributed by atoms with Crippen molar-refractivity contribution in [2.24, 2.45) is 0 Å². The number of hydrogen-bond donors (Lipinski definition) is 1. The Morgan fingerprint density at radius 3 is 2.18 bits per heavy atom. The molecular formula is C32H33N3O2S2. The van der Waals surface area contributed by atoms with Crippen LogP contribution in [-0.4, -0.2) is 30.3 Å². The molecule has 1 N–H and O–H groups in total. The number of aromatic nitrogens is 2. The largest absolute Gasteiger partial charge is 0.318 e. The Morgan fingerprint density at radius 1 is 0.795 bits per heavy atom. The number of rotatable bonds is 12. The second-order valence-corrected chi connectivity index (χ2v) is 12.3. The maximum atomic E-state index is 12.9. The normalized spacial score (nSPS) is 11.7. The molecule has 7 heteroatoms. The van der Waals surface area contributed by atoms with Crippen molar-refractivity contribution in [3.63, 3.8) is 0 Å². The summed E-state index contributed by atoms with van der Waals surface area (Å²) in [4.78, 5) is 5.42. The Bertz CT molecular complexity index is 1630. The average Bonchev–Trinajstić information content (AvgIpc) is 3.34. The lowest BCUT2D eigenvalue weighted by atomic mass is 10.0. The van der Waals surface area contributed by atoms with E-state index in [1.54, 1.807) is 23.9 Å². The number of unbranched alkanes of at least 4 members (excludes halogenated alkanes) is 1. The fourth-order valence-corrected chi connectivity index (χ4v) is 6.69. The van der Waals surface area contributed by atoms with Crippen molar-refractivity contribution in [3.05, 3.63) is 103 Å². The minimum atomic E-state index is -3.57. The number of benzene rings is 4. The van der Waals surface area contributed by atoms with Crippen molar-refractivity contribution in [2.45, 2.75) is 42.8 Å². The van der Waals surface area contributed by atoms with Crippen molar-refractivity contribution in [2.75, 3.05) is 12.3 Å². The highest BCUT2D eigenvalue weighted by atomic mass is 32.2. The van der Waals surface area contributed by atoms with Crippen LogP contribution in [0.1, 0.15) is 26.2 Å². The molecule has 0 saturated heterocycles. The van der Waals surface area contributed by atoms with Gasteiger partial charge in [-0.1, -0.05) is 116 Å². The maximum absolute atomic E-state index is 12.9. The third kappa shape index (κ3) is 6.44. The van der Waals surface area contributed by atoms with Crippen molar-refractivity contribution < 1.29 is 8.42 Å². The van der Waals surface area contributed by atoms with Gasteiger partial charge >= 0.3 is 0 Å². The van der Waals surface area contributed by atoms with E-state index in [2.05, 4.69) is 52.6 Å². The van der Waals surface area contributed by atoms with Gasteiger partial charge in [-0.2, -0.15) is 0 Å². The lowest BCUT2D eigenvalue weighted by molar-refractivity contribution is 0.581. The van der Waals surface area contributed by atoms with Crippen LogP contribution in [0.4, 0.5) is 0 Å². The van der Waals surface area contributed by atoms with Crippen LogP contribution in [-0.2, 0) is 16.6 Å². The molecule has 0 radical (unpaired) electrons. The Kier molecular flexibility index (Phi) is 8.81. The van der Waals surface area contributed by atoms with E-state index in [4.69, 9.17) is 4.98 Å². The van der Waals surface area contributed by atoms with Gasteiger partial charge in [0.1, 0.15) is 0 Å². The molecule has 0 unspecified atom stereocenters. The molecular weight excluding hydrogens is 523 g/mol. The smallest absolute Gasteiger partial charge is 0.240 e. The van der Waals surface area contributed by atoms with Gasteiger partial charge in [0, 0.05) is 30.0 Å². The maximum Gasteiger partial charge on any atom is 0.240 e. The lowest BCUT2D eigenvalue weighted by Gasteiger charge is -2.13. The predicted molar refractivity (Wildman–Crippen MR) is 162 cm³/mol. The molecule has 0 amide bonds. The van der Waals surface area contributed by atoms with E-state index in [0.717, 1.165) is 63.6 Å². The molecule has 5 aromatic rings. The van der Waals surface area contributed by atoms with Crippen molar-refractivity contribution in [3.8, 4) is 22.5 Å². The summed E-state index contributed by atoms with van der Waals surface area (Å²) in [6, 6.07) is 33.8. The molecule has 5 rings (SSSR count). The highest BCUT2D eigenvalue weighted by Crippen LogP contribution is 2.36. The third-order valence-electron chi connectivity index (χ3n) is 6.64. The van der Waals surface area contributed by atoms with Gasteiger partial charge in [0.2, 0.25) is 10.0 Å². The van der Waals surface area contributed by atoms with Crippen molar-refractivity contribution >= 4 is 32.6 Å². The Hall–Kier alpha value is -3.39. The van der Waals surface area contributed by atoms with Gasteiger partial charge in [0.15, 0.2) is 5.16 Å². The molecule has 0 saturated carbocycles. The number of thioether (sulfide) groups is 1. The number of nitrogens with zero attached hydrogens (tertiary/aromatic N) is 2. The molecule has 0 bridgehead atoms. The van der Waals surface area contributed by atoms with E-state index < -0.39 is 10.0 Å². The molecule has 1 heterocycles. The fourth-order valence-electron chi connectivity index (χ4n) is 4.61. The van der Waals surface area contributed by atoms with Gasteiger partial charge in [0.25, 0.3) is 0 Å². The van der Waals surface area contributed by atoms with Gasteiger partial charge in [-0.3, -0.25) is 0 Å². The Morgan fingerprint density at radius 2 is 1.46 bits per heavy atom. The van der Waals surface area contributed by atoms with Crippen LogP contribution in [0.15, 0.2) is 113 Å². The monoisotopic (exact) mass is 555 g/mol. The summed E-state index contributed by atoms with van der Waals surface area (Å²) < 4.78 is 30.9. The molecule has 5 nitrogen and oxygen atoms in total. The molecule has 0 aliphatic carbocycles. The van der Waals surface area contributed by atoms with Gasteiger partial charge in [-0.25, -0.2) is 18.1 Å². The fraction of sp³-hybridized carbons (Fsp3) is 0.219. The number of fused-ring (bicyclic) bond motifs is 1. The minimum Gasteiger partial charge on any atom is -0.318 e. The minimum absolute atomic E-state index is 0.295.